The highest BCUT2D eigenvalue weighted by molar-refractivity contribution is 6.38. The highest BCUT2D eigenvalue weighted by atomic mass is 35.5. The monoisotopic (exact) mass is 567 g/mol. The molecule has 0 radical (unpaired) electrons. The average Bonchev–Trinajstić information content (AvgIpc) is 3.37. The largest absolute Gasteiger partial charge is 0.488 e. The van der Waals surface area contributed by atoms with Gasteiger partial charge in [0.25, 0.3) is 0 Å². The van der Waals surface area contributed by atoms with E-state index >= 15 is 0 Å². The predicted molar refractivity (Wildman–Crippen MR) is 160 cm³/mol. The van der Waals surface area contributed by atoms with Gasteiger partial charge in [0.05, 0.1) is 17.9 Å². The molecule has 208 valence electrons. The average molecular weight is 568 g/mol. The number of ether oxygens (including phenoxy) is 2. The third-order valence-electron chi connectivity index (χ3n) is 6.66. The lowest BCUT2D eigenvalue weighted by molar-refractivity contribution is -0.111. The van der Waals surface area contributed by atoms with E-state index in [-0.39, 0.29) is 5.78 Å². The second-order valence-electron chi connectivity index (χ2n) is 9.53. The van der Waals surface area contributed by atoms with Crippen LogP contribution in [0.5, 0.6) is 5.75 Å². The maximum atomic E-state index is 12.9. The van der Waals surface area contributed by atoms with E-state index in [0.717, 1.165) is 16.7 Å². The van der Waals surface area contributed by atoms with Crippen LogP contribution in [0.15, 0.2) is 108 Å². The fraction of sp³-hybridized carbons (Fsp3) is 0.182. The van der Waals surface area contributed by atoms with E-state index in [0.29, 0.717) is 47.6 Å². The summed E-state index contributed by atoms with van der Waals surface area (Å²) in [6.45, 7) is 4.38. The Balaban J connectivity index is 1.55. The van der Waals surface area contributed by atoms with Crippen LogP contribution in [0.3, 0.4) is 0 Å². The summed E-state index contributed by atoms with van der Waals surface area (Å²) < 4.78 is 11.5. The number of amidine groups is 1. The Labute approximate surface area is 244 Å². The Hall–Kier alpha value is -4.62. The number of nitrogens with zero attached hydrogens (tertiary/aromatic N) is 3. The zero-order valence-electron chi connectivity index (χ0n) is 22.9. The third kappa shape index (κ3) is 6.42. The minimum atomic E-state index is -0.496. The molecule has 0 spiro atoms. The number of anilines is 1. The van der Waals surface area contributed by atoms with Gasteiger partial charge in [-0.15, -0.1) is 5.10 Å². The normalized spacial score (nSPS) is 14.5. The van der Waals surface area contributed by atoms with Crippen molar-refractivity contribution in [3.8, 4) is 5.75 Å². The van der Waals surface area contributed by atoms with Gasteiger partial charge in [-0.2, -0.15) is 0 Å². The third-order valence-corrected chi connectivity index (χ3v) is 6.91. The molecule has 8 heteroatoms. The van der Waals surface area contributed by atoms with Gasteiger partial charge in [0.2, 0.25) is 0 Å². The molecule has 0 fully saturated rings. The van der Waals surface area contributed by atoms with E-state index in [1.165, 1.54) is 6.92 Å². The van der Waals surface area contributed by atoms with Gasteiger partial charge in [-0.3, -0.25) is 4.79 Å². The van der Waals surface area contributed by atoms with Crippen LogP contribution in [0.25, 0.3) is 0 Å². The first-order valence-electron chi connectivity index (χ1n) is 13.4. The summed E-state index contributed by atoms with van der Waals surface area (Å²) in [5, 5.41) is 7.28. The van der Waals surface area contributed by atoms with E-state index in [4.69, 9.17) is 26.2 Å². The highest BCUT2D eigenvalue weighted by Crippen LogP contribution is 2.40. The van der Waals surface area contributed by atoms with Crippen LogP contribution in [-0.4, -0.2) is 29.1 Å². The van der Waals surface area contributed by atoms with Crippen LogP contribution >= 0.6 is 11.6 Å². The fourth-order valence-electron chi connectivity index (χ4n) is 4.71. The number of rotatable bonds is 10. The molecule has 1 atom stereocenters. The summed E-state index contributed by atoms with van der Waals surface area (Å²) in [5.74, 6) is 0.451. The Kier molecular flexibility index (Phi) is 8.65. The van der Waals surface area contributed by atoms with E-state index in [2.05, 4.69) is 0 Å². The van der Waals surface area contributed by atoms with E-state index in [9.17, 15) is 9.59 Å². The zero-order valence-corrected chi connectivity index (χ0v) is 23.6. The summed E-state index contributed by atoms with van der Waals surface area (Å²) in [6.07, 6.45) is -0.496. The molecule has 0 bridgehead atoms. The second kappa shape index (κ2) is 12.7. The zero-order chi connectivity index (χ0) is 28.8. The van der Waals surface area contributed by atoms with Crippen molar-refractivity contribution in [3.05, 3.63) is 130 Å². The number of hydrogen-bond acceptors (Lipinski definition) is 7. The van der Waals surface area contributed by atoms with Gasteiger partial charge in [-0.25, -0.2) is 9.80 Å². The van der Waals surface area contributed by atoms with Crippen molar-refractivity contribution in [2.24, 2.45) is 5.10 Å². The fourth-order valence-corrected chi connectivity index (χ4v) is 4.83. The van der Waals surface area contributed by atoms with E-state index < -0.39 is 12.1 Å². The first-order valence-corrected chi connectivity index (χ1v) is 13.7. The van der Waals surface area contributed by atoms with Crippen LogP contribution in [0.4, 0.5) is 5.69 Å². The van der Waals surface area contributed by atoms with Crippen molar-refractivity contribution in [1.82, 2.24) is 4.90 Å². The minimum Gasteiger partial charge on any atom is -0.488 e. The second-order valence-corrected chi connectivity index (χ2v) is 9.97. The van der Waals surface area contributed by atoms with Gasteiger partial charge in [0, 0.05) is 24.1 Å². The number of benzene rings is 4. The number of carbonyl (C=O) groups is 2. The molecule has 4 aromatic carbocycles. The lowest BCUT2D eigenvalue weighted by Crippen LogP contribution is -2.37. The molecule has 41 heavy (non-hydrogen) atoms. The Bertz CT molecular complexity index is 1540. The summed E-state index contributed by atoms with van der Waals surface area (Å²) in [4.78, 5) is 27.2. The van der Waals surface area contributed by atoms with Crippen molar-refractivity contribution in [2.75, 3.05) is 11.6 Å². The lowest BCUT2D eigenvalue weighted by Gasteiger charge is -2.33. The van der Waals surface area contributed by atoms with Crippen LogP contribution in [0.2, 0.25) is 5.02 Å². The molecule has 1 aliphatic heterocycles. The van der Waals surface area contributed by atoms with Gasteiger partial charge in [0.15, 0.2) is 17.8 Å². The summed E-state index contributed by atoms with van der Waals surface area (Å²) >= 11 is 6.06. The van der Waals surface area contributed by atoms with Crippen molar-refractivity contribution in [1.29, 1.82) is 0 Å². The van der Waals surface area contributed by atoms with Crippen LogP contribution in [-0.2, 0) is 22.7 Å². The molecule has 0 N–H and O–H groups in total. The topological polar surface area (TPSA) is 71.4 Å². The number of carbonyl (C=O) groups excluding carboxylic acids is 2. The molecule has 0 aliphatic carbocycles. The lowest BCUT2D eigenvalue weighted by atomic mass is 10.1. The summed E-state index contributed by atoms with van der Waals surface area (Å²) in [6, 6.07) is 32.3. The SMILES string of the molecule is CCOC(=O)c1ccc(N2N=C(C(C)=O)N(Cc3ccccc3)[C@H]2c2ccccc2OCc2ccc(Cl)cc2)cc1. The van der Waals surface area contributed by atoms with Crippen molar-refractivity contribution in [3.63, 3.8) is 0 Å². The number of halogens is 1. The molecule has 4 aromatic rings. The minimum absolute atomic E-state index is 0.156. The van der Waals surface area contributed by atoms with Crippen LogP contribution < -0.4 is 9.75 Å². The molecule has 0 unspecified atom stereocenters. The quantitative estimate of drug-likeness (QED) is 0.192. The van der Waals surface area contributed by atoms with Gasteiger partial charge in [-0.1, -0.05) is 72.3 Å². The maximum absolute atomic E-state index is 12.9. The first kappa shape index (κ1) is 27.9. The number of Topliss-reactive ketones (excluding diaryl/α,β-unsaturated/α-hetero) is 1. The standard InChI is InChI=1S/C33H30ClN3O4/c1-3-40-33(39)26-15-19-28(20-16-26)37-32(36(31(35-37)23(2)38)21-24-9-5-4-6-10-24)29-11-7-8-12-30(29)41-22-25-13-17-27(34)18-14-25/h4-20,32H,3,21-22H2,1-2H3/t32-/m1/s1. The number of hydrazone groups is 1. The molecule has 7 nitrogen and oxygen atoms in total. The van der Waals surface area contributed by atoms with Gasteiger partial charge < -0.3 is 14.4 Å². The van der Waals surface area contributed by atoms with Crippen molar-refractivity contribution in [2.45, 2.75) is 33.2 Å². The molecule has 0 saturated carbocycles. The summed E-state index contributed by atoms with van der Waals surface area (Å²) in [7, 11) is 0. The maximum Gasteiger partial charge on any atom is 0.338 e. The number of hydrogen-bond donors (Lipinski definition) is 0. The van der Waals surface area contributed by atoms with Crippen LogP contribution in [0.1, 0.15) is 47.1 Å². The Morgan fingerprint density at radius 1 is 0.854 bits per heavy atom. The molecular weight excluding hydrogens is 538 g/mol. The van der Waals surface area contributed by atoms with Gasteiger partial charge >= 0.3 is 5.97 Å². The van der Waals surface area contributed by atoms with Gasteiger partial charge in [-0.05, 0) is 60.5 Å². The molecular formula is C33H30ClN3O4. The number of esters is 1. The Morgan fingerprint density at radius 3 is 2.22 bits per heavy atom. The molecule has 0 aromatic heterocycles. The molecule has 1 aliphatic rings. The molecule has 1 heterocycles. The molecule has 0 saturated heterocycles. The van der Waals surface area contributed by atoms with E-state index in [1.54, 1.807) is 24.1 Å². The number of ketones is 1. The van der Waals surface area contributed by atoms with Crippen molar-refractivity contribution < 1.29 is 19.1 Å². The predicted octanol–water partition coefficient (Wildman–Crippen LogP) is 7.02. The highest BCUT2D eigenvalue weighted by Gasteiger charge is 2.39. The summed E-state index contributed by atoms with van der Waals surface area (Å²) in [5.41, 5.74) is 4.00. The smallest absolute Gasteiger partial charge is 0.338 e. The first-order chi connectivity index (χ1) is 19.9. The number of para-hydroxylation sites is 1. The molecule has 5 rings (SSSR count). The van der Waals surface area contributed by atoms with Crippen molar-refractivity contribution >= 4 is 34.9 Å². The van der Waals surface area contributed by atoms with E-state index in [1.807, 2.05) is 95.9 Å². The van der Waals surface area contributed by atoms with Gasteiger partial charge in [0.1, 0.15) is 12.4 Å². The van der Waals surface area contributed by atoms with Crippen LogP contribution in [0, 0.1) is 0 Å². The molecule has 0 amide bonds. The Morgan fingerprint density at radius 2 is 1.54 bits per heavy atom.